The molecule has 2 amide bonds. The standard InChI is InChI=1S/C12H9BrN2O3S2/c13-7-1-2-8(18-5-10(14)16)6(3-7)4-9-11(17)15-12(19)20-9/h1-4H,5H2,(H2,14,16)(H,15,17,19)/b9-4-. The fraction of sp³-hybridized carbons (Fsp3) is 0.0833. The predicted octanol–water partition coefficient (Wildman–Crippen LogP) is 1.80. The van der Waals surface area contributed by atoms with Gasteiger partial charge < -0.3 is 15.8 Å². The number of thioether (sulfide) groups is 1. The highest BCUT2D eigenvalue weighted by Gasteiger charge is 2.22. The van der Waals surface area contributed by atoms with E-state index in [9.17, 15) is 9.59 Å². The van der Waals surface area contributed by atoms with Crippen molar-refractivity contribution in [2.75, 3.05) is 6.61 Å². The Bertz CT molecular complexity index is 631. The Labute approximate surface area is 133 Å². The van der Waals surface area contributed by atoms with E-state index in [0.717, 1.165) is 4.47 Å². The van der Waals surface area contributed by atoms with Crippen LogP contribution < -0.4 is 15.8 Å². The zero-order valence-corrected chi connectivity index (χ0v) is 13.2. The fourth-order valence-electron chi connectivity index (χ4n) is 1.47. The molecule has 1 aromatic rings. The zero-order valence-electron chi connectivity index (χ0n) is 10.0. The Balaban J connectivity index is 2.32. The topological polar surface area (TPSA) is 81.4 Å². The number of hydrogen-bond acceptors (Lipinski definition) is 5. The molecule has 2 rings (SSSR count). The molecule has 5 nitrogen and oxygen atoms in total. The van der Waals surface area contributed by atoms with Gasteiger partial charge in [0.1, 0.15) is 10.1 Å². The minimum atomic E-state index is -0.569. The number of ether oxygens (including phenoxy) is 1. The second kappa shape index (κ2) is 6.38. The van der Waals surface area contributed by atoms with E-state index in [0.29, 0.717) is 20.5 Å². The van der Waals surface area contributed by atoms with Crippen LogP contribution in [0.25, 0.3) is 6.08 Å². The molecule has 0 bridgehead atoms. The second-order valence-corrected chi connectivity index (χ2v) is 6.42. The average molecular weight is 373 g/mol. The van der Waals surface area contributed by atoms with Gasteiger partial charge >= 0.3 is 0 Å². The van der Waals surface area contributed by atoms with Gasteiger partial charge in [0.15, 0.2) is 6.61 Å². The molecule has 3 N–H and O–H groups in total. The summed E-state index contributed by atoms with van der Waals surface area (Å²) in [5.74, 6) is -0.354. The third kappa shape index (κ3) is 3.81. The van der Waals surface area contributed by atoms with Crippen molar-refractivity contribution in [2.24, 2.45) is 5.73 Å². The molecule has 0 unspecified atom stereocenters. The number of benzene rings is 1. The van der Waals surface area contributed by atoms with Crippen molar-refractivity contribution in [1.82, 2.24) is 5.32 Å². The number of rotatable bonds is 4. The van der Waals surface area contributed by atoms with Gasteiger partial charge in [-0.1, -0.05) is 39.9 Å². The molecule has 0 atom stereocenters. The molecule has 0 aliphatic carbocycles. The third-order valence-corrected chi connectivity index (χ3v) is 3.93. The number of thiocarbonyl (C=S) groups is 1. The van der Waals surface area contributed by atoms with Crippen LogP contribution >= 0.6 is 39.9 Å². The number of nitrogens with one attached hydrogen (secondary N) is 1. The first-order valence-electron chi connectivity index (χ1n) is 5.41. The monoisotopic (exact) mass is 372 g/mol. The normalized spacial score (nSPS) is 16.4. The van der Waals surface area contributed by atoms with Crippen molar-refractivity contribution < 1.29 is 14.3 Å². The summed E-state index contributed by atoms with van der Waals surface area (Å²) >= 11 is 9.44. The quantitative estimate of drug-likeness (QED) is 0.622. The predicted molar refractivity (Wildman–Crippen MR) is 85.1 cm³/mol. The lowest BCUT2D eigenvalue weighted by atomic mass is 10.2. The SMILES string of the molecule is NC(=O)COc1ccc(Br)cc1/C=C1\SC(=S)NC1=O. The Hall–Kier alpha value is -1.38. The molecule has 1 aromatic carbocycles. The van der Waals surface area contributed by atoms with Crippen LogP contribution in [0.2, 0.25) is 0 Å². The Kier molecular flexibility index (Phi) is 4.79. The maximum absolute atomic E-state index is 11.6. The highest BCUT2D eigenvalue weighted by molar-refractivity contribution is 9.10. The summed E-state index contributed by atoms with van der Waals surface area (Å²) < 4.78 is 6.55. The van der Waals surface area contributed by atoms with Crippen molar-refractivity contribution in [3.05, 3.63) is 33.1 Å². The summed E-state index contributed by atoms with van der Waals surface area (Å²) in [5.41, 5.74) is 5.71. The molecule has 1 saturated heterocycles. The number of nitrogens with two attached hydrogens (primary N) is 1. The van der Waals surface area contributed by atoms with E-state index in [4.69, 9.17) is 22.7 Å². The highest BCUT2D eigenvalue weighted by atomic mass is 79.9. The number of amides is 2. The summed E-state index contributed by atoms with van der Waals surface area (Å²) in [4.78, 5) is 22.9. The number of carbonyl (C=O) groups excluding carboxylic acids is 2. The van der Waals surface area contributed by atoms with Gasteiger partial charge in [-0.25, -0.2) is 0 Å². The maximum Gasteiger partial charge on any atom is 0.263 e. The number of hydrogen-bond donors (Lipinski definition) is 2. The molecule has 20 heavy (non-hydrogen) atoms. The van der Waals surface area contributed by atoms with Gasteiger partial charge in [-0.3, -0.25) is 9.59 Å². The smallest absolute Gasteiger partial charge is 0.263 e. The lowest BCUT2D eigenvalue weighted by Crippen LogP contribution is -2.20. The van der Waals surface area contributed by atoms with Crippen LogP contribution in [0.1, 0.15) is 5.56 Å². The fourth-order valence-corrected chi connectivity index (χ4v) is 2.89. The number of halogens is 1. The van der Waals surface area contributed by atoms with E-state index in [1.807, 2.05) is 0 Å². The van der Waals surface area contributed by atoms with E-state index in [1.54, 1.807) is 24.3 Å². The van der Waals surface area contributed by atoms with E-state index in [-0.39, 0.29) is 12.5 Å². The molecule has 8 heteroatoms. The van der Waals surface area contributed by atoms with Gasteiger partial charge in [0.05, 0.1) is 4.91 Å². The van der Waals surface area contributed by atoms with Gasteiger partial charge in [0.2, 0.25) is 0 Å². The molecule has 0 radical (unpaired) electrons. The summed E-state index contributed by atoms with van der Waals surface area (Å²) in [6.45, 7) is -0.227. The van der Waals surface area contributed by atoms with Crippen LogP contribution in [-0.2, 0) is 9.59 Å². The van der Waals surface area contributed by atoms with Crippen LogP contribution in [0.3, 0.4) is 0 Å². The molecule has 1 aliphatic rings. The Morgan fingerprint density at radius 1 is 1.55 bits per heavy atom. The van der Waals surface area contributed by atoms with E-state index >= 15 is 0 Å². The van der Waals surface area contributed by atoms with Crippen molar-refractivity contribution in [3.63, 3.8) is 0 Å². The van der Waals surface area contributed by atoms with Crippen molar-refractivity contribution in [2.45, 2.75) is 0 Å². The van der Waals surface area contributed by atoms with Gasteiger partial charge in [-0.15, -0.1) is 0 Å². The number of carbonyl (C=O) groups is 2. The van der Waals surface area contributed by atoms with Crippen LogP contribution in [0.4, 0.5) is 0 Å². The molecule has 0 saturated carbocycles. The average Bonchev–Trinajstić information content (AvgIpc) is 2.66. The van der Waals surface area contributed by atoms with Gasteiger partial charge in [-0.05, 0) is 24.3 Å². The molecule has 0 aromatic heterocycles. The minimum absolute atomic E-state index is 0.227. The van der Waals surface area contributed by atoms with Crippen LogP contribution in [0.5, 0.6) is 5.75 Å². The zero-order chi connectivity index (χ0) is 14.7. The van der Waals surface area contributed by atoms with E-state index in [1.165, 1.54) is 11.8 Å². The van der Waals surface area contributed by atoms with E-state index < -0.39 is 5.91 Å². The first-order valence-corrected chi connectivity index (χ1v) is 7.43. The second-order valence-electron chi connectivity index (χ2n) is 3.79. The van der Waals surface area contributed by atoms with Gasteiger partial charge in [0, 0.05) is 10.0 Å². The lowest BCUT2D eigenvalue weighted by Gasteiger charge is -2.08. The first kappa shape index (κ1) is 15.0. The van der Waals surface area contributed by atoms with E-state index in [2.05, 4.69) is 21.2 Å². The summed E-state index contributed by atoms with van der Waals surface area (Å²) in [6.07, 6.45) is 1.65. The summed E-state index contributed by atoms with van der Waals surface area (Å²) in [5, 5.41) is 2.53. The molecule has 1 aliphatic heterocycles. The third-order valence-electron chi connectivity index (χ3n) is 2.27. The maximum atomic E-state index is 11.6. The van der Waals surface area contributed by atoms with Gasteiger partial charge in [0.25, 0.3) is 11.8 Å². The minimum Gasteiger partial charge on any atom is -0.483 e. The van der Waals surface area contributed by atoms with Crippen molar-refractivity contribution in [3.8, 4) is 5.75 Å². The lowest BCUT2D eigenvalue weighted by molar-refractivity contribution is -0.120. The Morgan fingerprint density at radius 2 is 2.30 bits per heavy atom. The van der Waals surface area contributed by atoms with Crippen LogP contribution in [0.15, 0.2) is 27.6 Å². The highest BCUT2D eigenvalue weighted by Crippen LogP contribution is 2.31. The van der Waals surface area contributed by atoms with Crippen molar-refractivity contribution in [1.29, 1.82) is 0 Å². The van der Waals surface area contributed by atoms with Gasteiger partial charge in [-0.2, -0.15) is 0 Å². The summed E-state index contributed by atoms with van der Waals surface area (Å²) in [6, 6.07) is 5.23. The van der Waals surface area contributed by atoms with Crippen molar-refractivity contribution >= 4 is 62.1 Å². The molecule has 104 valence electrons. The number of primary amides is 1. The molecule has 1 heterocycles. The summed E-state index contributed by atoms with van der Waals surface area (Å²) in [7, 11) is 0. The Morgan fingerprint density at radius 3 is 2.90 bits per heavy atom. The van der Waals surface area contributed by atoms with Crippen LogP contribution in [0, 0.1) is 0 Å². The molecule has 1 fully saturated rings. The first-order chi connectivity index (χ1) is 9.45. The largest absolute Gasteiger partial charge is 0.483 e. The molecular weight excluding hydrogens is 364 g/mol. The molecular formula is C12H9BrN2O3S2. The van der Waals surface area contributed by atoms with Crippen LogP contribution in [-0.4, -0.2) is 22.7 Å². The molecule has 0 spiro atoms.